The molecule has 0 aliphatic carbocycles. The van der Waals surface area contributed by atoms with E-state index >= 15 is 0 Å². The van der Waals surface area contributed by atoms with Gasteiger partial charge in [-0.15, -0.1) is 0 Å². The molecule has 2 aliphatic rings. The standard InChI is InChI=1S/C13H22N2O5/c1-19-11-3-2-4-14(8-11)13(18)15-5-6-20-9-10(15)7-12(16)17/h10-11H,2-9H2,1H3,(H,16,17). The Bertz CT molecular complexity index is 363. The van der Waals surface area contributed by atoms with Crippen molar-refractivity contribution in [1.82, 2.24) is 9.80 Å². The minimum atomic E-state index is -0.910. The van der Waals surface area contributed by atoms with Gasteiger partial charge in [-0.25, -0.2) is 4.79 Å². The van der Waals surface area contributed by atoms with Crippen LogP contribution in [0.25, 0.3) is 0 Å². The highest BCUT2D eigenvalue weighted by atomic mass is 16.5. The van der Waals surface area contributed by atoms with E-state index in [1.54, 1.807) is 16.9 Å². The van der Waals surface area contributed by atoms with E-state index in [-0.39, 0.29) is 24.6 Å². The van der Waals surface area contributed by atoms with Gasteiger partial charge < -0.3 is 24.4 Å². The maximum Gasteiger partial charge on any atom is 0.320 e. The van der Waals surface area contributed by atoms with Gasteiger partial charge in [-0.3, -0.25) is 4.79 Å². The number of carbonyl (C=O) groups is 2. The second-order valence-corrected chi connectivity index (χ2v) is 5.25. The zero-order chi connectivity index (χ0) is 14.5. The Morgan fingerprint density at radius 3 is 2.90 bits per heavy atom. The number of carboxylic acid groups (broad SMARTS) is 1. The minimum Gasteiger partial charge on any atom is -0.481 e. The Hall–Kier alpha value is -1.34. The van der Waals surface area contributed by atoms with Crippen molar-refractivity contribution in [2.75, 3.05) is 40.0 Å². The van der Waals surface area contributed by atoms with E-state index in [2.05, 4.69) is 0 Å². The molecule has 2 saturated heterocycles. The third-order valence-electron chi connectivity index (χ3n) is 3.87. The molecule has 114 valence electrons. The Morgan fingerprint density at radius 2 is 2.20 bits per heavy atom. The minimum absolute atomic E-state index is 0.0756. The van der Waals surface area contributed by atoms with E-state index < -0.39 is 5.97 Å². The van der Waals surface area contributed by atoms with Crippen LogP contribution >= 0.6 is 0 Å². The molecule has 2 unspecified atom stereocenters. The predicted octanol–water partition coefficient (Wildman–Crippen LogP) is 0.393. The van der Waals surface area contributed by atoms with Crippen LogP contribution in [0.1, 0.15) is 19.3 Å². The number of aliphatic carboxylic acids is 1. The van der Waals surface area contributed by atoms with Gasteiger partial charge in [0, 0.05) is 26.7 Å². The van der Waals surface area contributed by atoms with Crippen molar-refractivity contribution in [1.29, 1.82) is 0 Å². The van der Waals surface area contributed by atoms with Crippen molar-refractivity contribution in [3.63, 3.8) is 0 Å². The number of hydrogen-bond donors (Lipinski definition) is 1. The second kappa shape index (κ2) is 6.90. The molecule has 0 radical (unpaired) electrons. The zero-order valence-corrected chi connectivity index (χ0v) is 11.8. The van der Waals surface area contributed by atoms with Gasteiger partial charge in [0.15, 0.2) is 0 Å². The number of urea groups is 1. The van der Waals surface area contributed by atoms with Gasteiger partial charge in [0.05, 0.1) is 31.8 Å². The van der Waals surface area contributed by atoms with Crippen LogP contribution < -0.4 is 0 Å². The monoisotopic (exact) mass is 286 g/mol. The van der Waals surface area contributed by atoms with Gasteiger partial charge >= 0.3 is 12.0 Å². The number of carboxylic acids is 1. The van der Waals surface area contributed by atoms with E-state index in [4.69, 9.17) is 14.6 Å². The first-order chi connectivity index (χ1) is 9.61. The third-order valence-corrected chi connectivity index (χ3v) is 3.87. The molecule has 1 N–H and O–H groups in total. The first-order valence-electron chi connectivity index (χ1n) is 6.99. The van der Waals surface area contributed by atoms with Crippen molar-refractivity contribution in [2.24, 2.45) is 0 Å². The predicted molar refractivity (Wildman–Crippen MR) is 70.6 cm³/mol. The molecule has 0 aromatic carbocycles. The topological polar surface area (TPSA) is 79.3 Å². The first kappa shape index (κ1) is 15.1. The number of amides is 2. The van der Waals surface area contributed by atoms with Crippen LogP contribution in [0.15, 0.2) is 0 Å². The Morgan fingerprint density at radius 1 is 1.40 bits per heavy atom. The fourth-order valence-corrected chi connectivity index (χ4v) is 2.76. The molecule has 2 amide bonds. The van der Waals surface area contributed by atoms with Crippen LogP contribution in [0.2, 0.25) is 0 Å². The van der Waals surface area contributed by atoms with E-state index in [0.717, 1.165) is 12.8 Å². The van der Waals surface area contributed by atoms with Crippen LogP contribution in [0, 0.1) is 0 Å². The van der Waals surface area contributed by atoms with Crippen molar-refractivity contribution in [3.05, 3.63) is 0 Å². The summed E-state index contributed by atoms with van der Waals surface area (Å²) < 4.78 is 10.6. The molecule has 2 aliphatic heterocycles. The fourth-order valence-electron chi connectivity index (χ4n) is 2.76. The molecule has 20 heavy (non-hydrogen) atoms. The van der Waals surface area contributed by atoms with Crippen LogP contribution in [-0.2, 0) is 14.3 Å². The number of ether oxygens (including phenoxy) is 2. The SMILES string of the molecule is COC1CCCN(C(=O)N2CCOCC2CC(=O)O)C1. The summed E-state index contributed by atoms with van der Waals surface area (Å²) in [5, 5.41) is 8.93. The van der Waals surface area contributed by atoms with E-state index in [0.29, 0.717) is 32.8 Å². The smallest absolute Gasteiger partial charge is 0.320 e. The quantitative estimate of drug-likeness (QED) is 0.812. The molecule has 2 atom stereocenters. The molecule has 0 aromatic rings. The van der Waals surface area contributed by atoms with Crippen LogP contribution in [0.3, 0.4) is 0 Å². The van der Waals surface area contributed by atoms with Gasteiger partial charge in [-0.1, -0.05) is 0 Å². The Balaban J connectivity index is 1.99. The fraction of sp³-hybridized carbons (Fsp3) is 0.846. The number of carbonyl (C=O) groups excluding carboxylic acids is 1. The summed E-state index contributed by atoms with van der Waals surface area (Å²) in [7, 11) is 1.65. The average Bonchev–Trinajstić information content (AvgIpc) is 2.46. The van der Waals surface area contributed by atoms with Crippen LogP contribution in [0.5, 0.6) is 0 Å². The summed E-state index contributed by atoms with van der Waals surface area (Å²) in [4.78, 5) is 26.8. The largest absolute Gasteiger partial charge is 0.481 e. The highest BCUT2D eigenvalue weighted by Crippen LogP contribution is 2.18. The van der Waals surface area contributed by atoms with Gasteiger partial charge in [0.25, 0.3) is 0 Å². The normalized spacial score (nSPS) is 27.4. The molecule has 0 aromatic heterocycles. The second-order valence-electron chi connectivity index (χ2n) is 5.25. The molecule has 7 nitrogen and oxygen atoms in total. The molecular formula is C13H22N2O5. The van der Waals surface area contributed by atoms with Crippen molar-refractivity contribution < 1.29 is 24.2 Å². The lowest BCUT2D eigenvalue weighted by atomic mass is 10.1. The molecule has 0 bridgehead atoms. The van der Waals surface area contributed by atoms with Crippen molar-refractivity contribution >= 4 is 12.0 Å². The zero-order valence-electron chi connectivity index (χ0n) is 11.8. The van der Waals surface area contributed by atoms with Crippen LogP contribution in [-0.4, -0.2) is 79.0 Å². The third kappa shape index (κ3) is 3.61. The highest BCUT2D eigenvalue weighted by Gasteiger charge is 2.33. The molecule has 0 spiro atoms. The average molecular weight is 286 g/mol. The van der Waals surface area contributed by atoms with Gasteiger partial charge in [-0.2, -0.15) is 0 Å². The summed E-state index contributed by atoms with van der Waals surface area (Å²) in [6, 6.07) is -0.474. The first-order valence-corrected chi connectivity index (χ1v) is 6.99. The summed E-state index contributed by atoms with van der Waals surface area (Å²) in [6.07, 6.45) is 1.87. The number of likely N-dealkylation sites (tertiary alicyclic amines) is 1. The molecule has 2 heterocycles. The van der Waals surface area contributed by atoms with Crippen molar-refractivity contribution in [2.45, 2.75) is 31.4 Å². The maximum atomic E-state index is 12.6. The molecule has 2 fully saturated rings. The summed E-state index contributed by atoms with van der Waals surface area (Å²) in [5.41, 5.74) is 0. The van der Waals surface area contributed by atoms with Gasteiger partial charge in [0.2, 0.25) is 0 Å². The van der Waals surface area contributed by atoms with E-state index in [9.17, 15) is 9.59 Å². The number of morpholine rings is 1. The summed E-state index contributed by atoms with van der Waals surface area (Å²) in [5.74, 6) is -0.910. The van der Waals surface area contributed by atoms with Crippen molar-refractivity contribution in [3.8, 4) is 0 Å². The lowest BCUT2D eigenvalue weighted by Crippen LogP contribution is -2.56. The lowest BCUT2D eigenvalue weighted by Gasteiger charge is -2.40. The lowest BCUT2D eigenvalue weighted by molar-refractivity contribution is -0.139. The highest BCUT2D eigenvalue weighted by molar-refractivity contribution is 5.76. The van der Waals surface area contributed by atoms with Crippen LogP contribution in [0.4, 0.5) is 4.79 Å². The molecule has 0 saturated carbocycles. The van der Waals surface area contributed by atoms with Gasteiger partial charge in [-0.05, 0) is 12.8 Å². The summed E-state index contributed by atoms with van der Waals surface area (Å²) in [6.45, 7) is 2.48. The number of methoxy groups -OCH3 is 1. The number of piperidine rings is 1. The molecule has 2 rings (SSSR count). The Kier molecular flexibility index (Phi) is 5.19. The number of hydrogen-bond acceptors (Lipinski definition) is 4. The number of rotatable bonds is 3. The number of nitrogens with zero attached hydrogens (tertiary/aromatic N) is 2. The maximum absolute atomic E-state index is 12.6. The van der Waals surface area contributed by atoms with E-state index in [1.807, 2.05) is 0 Å². The Labute approximate surface area is 118 Å². The van der Waals surface area contributed by atoms with Gasteiger partial charge in [0.1, 0.15) is 0 Å². The molecule has 7 heteroatoms. The molecular weight excluding hydrogens is 264 g/mol. The van der Waals surface area contributed by atoms with E-state index in [1.165, 1.54) is 0 Å². The summed E-state index contributed by atoms with van der Waals surface area (Å²) >= 11 is 0.